The van der Waals surface area contributed by atoms with Gasteiger partial charge in [0, 0.05) is 6.20 Å². The lowest BCUT2D eigenvalue weighted by Gasteiger charge is -2.09. The molecule has 0 unspecified atom stereocenters. The van der Waals surface area contributed by atoms with E-state index in [9.17, 15) is 0 Å². The molecule has 0 radical (unpaired) electrons. The predicted molar refractivity (Wildman–Crippen MR) is 74.4 cm³/mol. The fourth-order valence-electron chi connectivity index (χ4n) is 1.58. The van der Waals surface area contributed by atoms with E-state index in [1.165, 1.54) is 25.7 Å². The predicted octanol–water partition coefficient (Wildman–Crippen LogP) is 3.07. The van der Waals surface area contributed by atoms with E-state index in [0.717, 1.165) is 6.42 Å². The first-order valence-corrected chi connectivity index (χ1v) is 6.54. The summed E-state index contributed by atoms with van der Waals surface area (Å²) in [7, 11) is 0. The van der Waals surface area contributed by atoms with Crippen LogP contribution in [0.5, 0.6) is 5.75 Å². The normalized spacial score (nSPS) is 10.2. The van der Waals surface area contributed by atoms with Crippen LogP contribution in [0, 0.1) is 0 Å². The van der Waals surface area contributed by atoms with Crippen LogP contribution in [-0.4, -0.2) is 16.6 Å². The molecule has 94 valence electrons. The Bertz CT molecular complexity index is 355. The minimum Gasteiger partial charge on any atom is -0.491 e. The van der Waals surface area contributed by atoms with Crippen molar-refractivity contribution in [3.63, 3.8) is 0 Å². The first kappa shape index (κ1) is 13.9. The quantitative estimate of drug-likeness (QED) is 0.570. The molecule has 0 saturated carbocycles. The third-order valence-electron chi connectivity index (χ3n) is 2.51. The fraction of sp³-hybridized carbons (Fsp3) is 0.538. The summed E-state index contributed by atoms with van der Waals surface area (Å²) in [6.07, 6.45) is 7.76. The van der Waals surface area contributed by atoms with Gasteiger partial charge in [0.2, 0.25) is 0 Å². The maximum absolute atomic E-state index is 5.65. The summed E-state index contributed by atoms with van der Waals surface area (Å²) in [6, 6.07) is 3.68. The number of nitrogens with two attached hydrogens (primary N) is 1. The summed E-state index contributed by atoms with van der Waals surface area (Å²) in [6.45, 7) is 2.91. The lowest BCUT2D eigenvalue weighted by molar-refractivity contribution is 0.303. The topological polar surface area (TPSA) is 48.1 Å². The maximum Gasteiger partial charge on any atom is 0.147 e. The van der Waals surface area contributed by atoms with Gasteiger partial charge in [0.1, 0.15) is 16.4 Å². The summed E-state index contributed by atoms with van der Waals surface area (Å²) in [5.41, 5.74) is 6.15. The third kappa shape index (κ3) is 5.13. The lowest BCUT2D eigenvalue weighted by atomic mass is 10.2. The van der Waals surface area contributed by atoms with Gasteiger partial charge >= 0.3 is 0 Å². The molecule has 0 spiro atoms. The van der Waals surface area contributed by atoms with Gasteiger partial charge in [-0.2, -0.15) is 0 Å². The van der Waals surface area contributed by atoms with Crippen LogP contribution in [0.25, 0.3) is 0 Å². The van der Waals surface area contributed by atoms with Crippen LogP contribution in [0.4, 0.5) is 0 Å². The van der Waals surface area contributed by atoms with Crippen LogP contribution in [-0.2, 0) is 0 Å². The lowest BCUT2D eigenvalue weighted by Crippen LogP contribution is -2.14. The van der Waals surface area contributed by atoms with E-state index < -0.39 is 0 Å². The second-order valence-corrected chi connectivity index (χ2v) is 4.42. The van der Waals surface area contributed by atoms with Gasteiger partial charge < -0.3 is 10.5 Å². The molecule has 0 saturated heterocycles. The monoisotopic (exact) mass is 252 g/mol. The minimum absolute atomic E-state index is 0.284. The molecule has 4 heteroatoms. The molecule has 0 aromatic carbocycles. The van der Waals surface area contributed by atoms with Crippen molar-refractivity contribution in [2.75, 3.05) is 6.61 Å². The van der Waals surface area contributed by atoms with Gasteiger partial charge in [-0.1, -0.05) is 44.8 Å². The Morgan fingerprint density at radius 1 is 1.35 bits per heavy atom. The molecule has 3 nitrogen and oxygen atoms in total. The van der Waals surface area contributed by atoms with Crippen LogP contribution in [0.2, 0.25) is 0 Å². The molecular formula is C13H20N2OS. The van der Waals surface area contributed by atoms with Gasteiger partial charge in [0.05, 0.1) is 6.61 Å². The summed E-state index contributed by atoms with van der Waals surface area (Å²) in [5, 5.41) is 0. The Hall–Kier alpha value is -1.16. The summed E-state index contributed by atoms with van der Waals surface area (Å²) in [5.74, 6) is 0.690. The zero-order chi connectivity index (χ0) is 12.5. The molecule has 1 aromatic heterocycles. The highest BCUT2D eigenvalue weighted by atomic mass is 32.1. The Morgan fingerprint density at radius 2 is 2.12 bits per heavy atom. The smallest absolute Gasteiger partial charge is 0.147 e. The van der Waals surface area contributed by atoms with E-state index in [-0.39, 0.29) is 4.99 Å². The molecule has 0 aliphatic heterocycles. The Balaban J connectivity index is 2.34. The molecule has 0 bridgehead atoms. The van der Waals surface area contributed by atoms with Crippen molar-refractivity contribution in [2.24, 2.45) is 5.73 Å². The summed E-state index contributed by atoms with van der Waals surface area (Å²) in [4.78, 5) is 4.40. The molecule has 1 rings (SSSR count). The van der Waals surface area contributed by atoms with E-state index in [1.807, 2.05) is 12.1 Å². The number of hydrogen-bond donors (Lipinski definition) is 1. The molecule has 2 N–H and O–H groups in total. The van der Waals surface area contributed by atoms with Crippen LogP contribution >= 0.6 is 12.2 Å². The van der Waals surface area contributed by atoms with Crippen LogP contribution in [0.15, 0.2) is 18.3 Å². The van der Waals surface area contributed by atoms with Crippen molar-refractivity contribution in [1.29, 1.82) is 0 Å². The highest BCUT2D eigenvalue weighted by Gasteiger charge is 2.06. The van der Waals surface area contributed by atoms with Crippen LogP contribution in [0.3, 0.4) is 0 Å². The van der Waals surface area contributed by atoms with Crippen molar-refractivity contribution >= 4 is 17.2 Å². The molecule has 0 amide bonds. The Kier molecular flexibility index (Phi) is 6.55. The van der Waals surface area contributed by atoms with E-state index in [1.54, 1.807) is 6.20 Å². The van der Waals surface area contributed by atoms with Crippen molar-refractivity contribution in [1.82, 2.24) is 4.98 Å². The van der Waals surface area contributed by atoms with Gasteiger partial charge in [-0.3, -0.25) is 0 Å². The van der Waals surface area contributed by atoms with E-state index in [4.69, 9.17) is 22.7 Å². The van der Waals surface area contributed by atoms with Crippen molar-refractivity contribution in [2.45, 2.75) is 39.0 Å². The highest BCUT2D eigenvalue weighted by molar-refractivity contribution is 7.80. The van der Waals surface area contributed by atoms with Crippen molar-refractivity contribution in [3.8, 4) is 5.75 Å². The zero-order valence-corrected chi connectivity index (χ0v) is 11.1. The number of aromatic nitrogens is 1. The minimum atomic E-state index is 0.284. The summed E-state index contributed by atoms with van der Waals surface area (Å²) >= 11 is 4.92. The second kappa shape index (κ2) is 8.01. The fourth-order valence-corrected chi connectivity index (χ4v) is 1.73. The summed E-state index contributed by atoms with van der Waals surface area (Å²) < 4.78 is 5.65. The average Bonchev–Trinajstić information content (AvgIpc) is 2.34. The molecule has 1 heterocycles. The molecule has 17 heavy (non-hydrogen) atoms. The van der Waals surface area contributed by atoms with Gasteiger partial charge in [-0.25, -0.2) is 4.98 Å². The van der Waals surface area contributed by atoms with Gasteiger partial charge in [-0.15, -0.1) is 0 Å². The number of ether oxygens (including phenoxy) is 1. The largest absolute Gasteiger partial charge is 0.491 e. The van der Waals surface area contributed by atoms with Crippen molar-refractivity contribution in [3.05, 3.63) is 24.0 Å². The maximum atomic E-state index is 5.65. The van der Waals surface area contributed by atoms with Gasteiger partial charge in [0.15, 0.2) is 0 Å². The number of thiocarbonyl (C=S) groups is 1. The number of hydrogen-bond acceptors (Lipinski definition) is 3. The first-order chi connectivity index (χ1) is 8.25. The Labute approximate surface area is 108 Å². The third-order valence-corrected chi connectivity index (χ3v) is 2.70. The van der Waals surface area contributed by atoms with Gasteiger partial charge in [0.25, 0.3) is 0 Å². The standard InChI is InChI=1S/C13H20N2OS/c1-2-3-4-5-6-10-16-11-8-7-9-15-12(11)13(14)17/h7-9H,2-6,10H2,1H3,(H2,14,17). The highest BCUT2D eigenvalue weighted by Crippen LogP contribution is 2.15. The van der Waals surface area contributed by atoms with Crippen LogP contribution < -0.4 is 10.5 Å². The van der Waals surface area contributed by atoms with Crippen molar-refractivity contribution < 1.29 is 4.74 Å². The molecular weight excluding hydrogens is 232 g/mol. The number of rotatable bonds is 8. The molecule has 1 aromatic rings. The average molecular weight is 252 g/mol. The number of nitrogens with zero attached hydrogens (tertiary/aromatic N) is 1. The van der Waals surface area contributed by atoms with E-state index in [2.05, 4.69) is 11.9 Å². The van der Waals surface area contributed by atoms with E-state index in [0.29, 0.717) is 18.1 Å². The van der Waals surface area contributed by atoms with E-state index >= 15 is 0 Å². The number of pyridine rings is 1. The molecule has 0 aliphatic rings. The zero-order valence-electron chi connectivity index (χ0n) is 10.3. The molecule has 0 fully saturated rings. The first-order valence-electron chi connectivity index (χ1n) is 6.13. The van der Waals surface area contributed by atoms with Crippen LogP contribution in [0.1, 0.15) is 44.7 Å². The number of unbranched alkanes of at least 4 members (excludes halogenated alkanes) is 4. The second-order valence-electron chi connectivity index (χ2n) is 3.98. The molecule has 0 aliphatic carbocycles. The molecule has 0 atom stereocenters. The Morgan fingerprint density at radius 3 is 2.82 bits per heavy atom. The van der Waals surface area contributed by atoms with Gasteiger partial charge in [-0.05, 0) is 18.6 Å². The SMILES string of the molecule is CCCCCCCOc1cccnc1C(N)=S.